The van der Waals surface area contributed by atoms with Gasteiger partial charge in [-0.3, -0.25) is 4.90 Å². The van der Waals surface area contributed by atoms with Crippen molar-refractivity contribution >= 4 is 0 Å². The maximum Gasteiger partial charge on any atom is 0.123 e. The third-order valence-electron chi connectivity index (χ3n) is 4.99. The first-order chi connectivity index (χ1) is 15.1. The van der Waals surface area contributed by atoms with Crippen molar-refractivity contribution in [3.63, 3.8) is 0 Å². The van der Waals surface area contributed by atoms with Crippen molar-refractivity contribution in [2.24, 2.45) is 0 Å². The van der Waals surface area contributed by atoms with Crippen molar-refractivity contribution in [2.75, 3.05) is 26.7 Å². The molecular weight excluding hydrogens is 391 g/mol. The Hall–Kier alpha value is -2.73. The molecule has 5 heteroatoms. The van der Waals surface area contributed by atoms with E-state index in [0.29, 0.717) is 6.54 Å². The molecule has 0 aliphatic carbocycles. The number of halogens is 1. The van der Waals surface area contributed by atoms with Gasteiger partial charge in [-0.2, -0.15) is 0 Å². The van der Waals surface area contributed by atoms with Crippen LogP contribution in [0.5, 0.6) is 5.75 Å². The van der Waals surface area contributed by atoms with Crippen molar-refractivity contribution in [1.82, 2.24) is 10.2 Å². The number of hydrogen-bond donors (Lipinski definition) is 2. The molecule has 0 saturated carbocycles. The van der Waals surface area contributed by atoms with Gasteiger partial charge in [-0.25, -0.2) is 4.39 Å². The van der Waals surface area contributed by atoms with Crippen LogP contribution in [0.15, 0.2) is 78.9 Å². The van der Waals surface area contributed by atoms with Crippen LogP contribution in [0.4, 0.5) is 4.39 Å². The zero-order valence-corrected chi connectivity index (χ0v) is 18.0. The highest BCUT2D eigenvalue weighted by atomic mass is 19.1. The fourth-order valence-corrected chi connectivity index (χ4v) is 3.43. The summed E-state index contributed by atoms with van der Waals surface area (Å²) in [6.45, 7) is 3.11. The monoisotopic (exact) mass is 422 g/mol. The van der Waals surface area contributed by atoms with Gasteiger partial charge >= 0.3 is 0 Å². The lowest BCUT2D eigenvalue weighted by molar-refractivity contribution is 0.0744. The summed E-state index contributed by atoms with van der Waals surface area (Å²) in [4.78, 5) is 2.09. The van der Waals surface area contributed by atoms with E-state index >= 15 is 0 Å². The van der Waals surface area contributed by atoms with E-state index in [1.165, 1.54) is 11.6 Å². The van der Waals surface area contributed by atoms with Crippen LogP contribution in [-0.4, -0.2) is 42.9 Å². The van der Waals surface area contributed by atoms with E-state index in [1.54, 1.807) is 12.1 Å². The smallest absolute Gasteiger partial charge is 0.123 e. The average Bonchev–Trinajstić information content (AvgIpc) is 2.77. The minimum Gasteiger partial charge on any atom is -0.491 e. The van der Waals surface area contributed by atoms with Gasteiger partial charge in [0.2, 0.25) is 0 Å². The van der Waals surface area contributed by atoms with Crippen LogP contribution in [0, 0.1) is 5.82 Å². The molecule has 0 unspecified atom stereocenters. The second-order valence-electron chi connectivity index (χ2n) is 7.85. The minimum absolute atomic E-state index is 0.193. The molecule has 0 radical (unpaired) electrons. The zero-order chi connectivity index (χ0) is 21.9. The van der Waals surface area contributed by atoms with Crippen molar-refractivity contribution in [3.8, 4) is 5.75 Å². The Bertz CT molecular complexity index is 903. The second-order valence-corrected chi connectivity index (χ2v) is 7.85. The zero-order valence-electron chi connectivity index (χ0n) is 18.0. The maximum absolute atomic E-state index is 13.2. The lowest BCUT2D eigenvalue weighted by Crippen LogP contribution is -2.32. The van der Waals surface area contributed by atoms with Gasteiger partial charge in [-0.05, 0) is 61.0 Å². The van der Waals surface area contributed by atoms with E-state index < -0.39 is 6.10 Å². The van der Waals surface area contributed by atoms with Gasteiger partial charge in [0.1, 0.15) is 24.3 Å². The standard InChI is InChI=1S/C26H31FN2O2/c1-29(18-23-6-3-2-4-7-23)19-25(30)20-31-26-12-10-22(11-13-26)17-28-15-14-21-8-5-9-24(27)16-21/h2-13,16,25,28,30H,14-15,17-20H2,1H3/t25-/m0/s1. The first-order valence-electron chi connectivity index (χ1n) is 10.7. The van der Waals surface area contributed by atoms with E-state index in [-0.39, 0.29) is 12.4 Å². The van der Waals surface area contributed by atoms with Gasteiger partial charge in [-0.1, -0.05) is 54.6 Å². The Kier molecular flexibility index (Phi) is 9.03. The Balaban J connectivity index is 1.33. The predicted octanol–water partition coefficient (Wildman–Crippen LogP) is 4.03. The van der Waals surface area contributed by atoms with E-state index in [1.807, 2.05) is 55.6 Å². The average molecular weight is 423 g/mol. The van der Waals surface area contributed by atoms with Gasteiger partial charge in [0, 0.05) is 19.6 Å². The molecule has 0 aliphatic rings. The van der Waals surface area contributed by atoms with Gasteiger partial charge in [0.05, 0.1) is 0 Å². The number of nitrogens with one attached hydrogen (secondary N) is 1. The third-order valence-corrected chi connectivity index (χ3v) is 4.99. The topological polar surface area (TPSA) is 44.7 Å². The predicted molar refractivity (Wildman–Crippen MR) is 123 cm³/mol. The minimum atomic E-state index is -0.558. The molecule has 0 fully saturated rings. The molecule has 0 aliphatic heterocycles. The molecule has 3 aromatic carbocycles. The molecule has 3 aromatic rings. The number of hydrogen-bond acceptors (Lipinski definition) is 4. The first-order valence-corrected chi connectivity index (χ1v) is 10.7. The number of ether oxygens (including phenoxy) is 1. The van der Waals surface area contributed by atoms with E-state index in [0.717, 1.165) is 42.9 Å². The van der Waals surface area contributed by atoms with Crippen molar-refractivity contribution < 1.29 is 14.2 Å². The van der Waals surface area contributed by atoms with Crippen LogP contribution in [0.2, 0.25) is 0 Å². The molecule has 0 aromatic heterocycles. The molecule has 0 bridgehead atoms. The highest BCUT2D eigenvalue weighted by molar-refractivity contribution is 5.27. The summed E-state index contributed by atoms with van der Waals surface area (Å²) in [5.41, 5.74) is 3.36. The Morgan fingerprint density at radius 2 is 1.68 bits per heavy atom. The fourth-order valence-electron chi connectivity index (χ4n) is 3.43. The fraction of sp³-hybridized carbons (Fsp3) is 0.308. The number of aliphatic hydroxyl groups excluding tert-OH is 1. The molecule has 0 spiro atoms. The maximum atomic E-state index is 13.2. The summed E-state index contributed by atoms with van der Waals surface area (Å²) in [5.74, 6) is 0.550. The Labute approximate surface area is 184 Å². The Morgan fingerprint density at radius 3 is 2.42 bits per heavy atom. The molecule has 1 atom stereocenters. The molecule has 164 valence electrons. The molecule has 0 heterocycles. The van der Waals surface area contributed by atoms with Crippen LogP contribution >= 0.6 is 0 Å². The number of nitrogens with zero attached hydrogens (tertiary/aromatic N) is 1. The summed E-state index contributed by atoms with van der Waals surface area (Å²) < 4.78 is 18.9. The number of likely N-dealkylation sites (N-methyl/N-ethyl adjacent to an activating group) is 1. The van der Waals surface area contributed by atoms with Gasteiger partial charge in [0.25, 0.3) is 0 Å². The summed E-state index contributed by atoms with van der Waals surface area (Å²) in [5, 5.41) is 13.6. The molecule has 0 amide bonds. The van der Waals surface area contributed by atoms with Crippen LogP contribution < -0.4 is 10.1 Å². The third kappa shape index (κ3) is 8.50. The van der Waals surface area contributed by atoms with Gasteiger partial charge < -0.3 is 15.2 Å². The van der Waals surface area contributed by atoms with Gasteiger partial charge in [-0.15, -0.1) is 0 Å². The lowest BCUT2D eigenvalue weighted by Gasteiger charge is -2.21. The highest BCUT2D eigenvalue weighted by Gasteiger charge is 2.10. The van der Waals surface area contributed by atoms with E-state index in [4.69, 9.17) is 4.74 Å². The van der Waals surface area contributed by atoms with Crippen molar-refractivity contribution in [3.05, 3.63) is 101 Å². The number of aliphatic hydroxyl groups is 1. The molecule has 31 heavy (non-hydrogen) atoms. The van der Waals surface area contributed by atoms with Crippen LogP contribution in [0.3, 0.4) is 0 Å². The number of rotatable bonds is 12. The first kappa shape index (κ1) is 22.9. The second kappa shape index (κ2) is 12.2. The normalized spacial score (nSPS) is 12.1. The van der Waals surface area contributed by atoms with Crippen molar-refractivity contribution in [1.29, 1.82) is 0 Å². The quantitative estimate of drug-likeness (QED) is 0.433. The molecule has 3 rings (SSSR count). The van der Waals surface area contributed by atoms with E-state index in [2.05, 4.69) is 22.3 Å². The summed E-state index contributed by atoms with van der Waals surface area (Å²) in [6.07, 6.45) is 0.230. The van der Waals surface area contributed by atoms with Crippen LogP contribution in [0.1, 0.15) is 16.7 Å². The lowest BCUT2D eigenvalue weighted by atomic mass is 10.1. The SMILES string of the molecule is CN(Cc1ccccc1)C[C@H](O)COc1ccc(CNCCc2cccc(F)c2)cc1. The highest BCUT2D eigenvalue weighted by Crippen LogP contribution is 2.13. The molecular formula is C26H31FN2O2. The number of benzene rings is 3. The largest absolute Gasteiger partial charge is 0.491 e. The Morgan fingerprint density at radius 1 is 0.935 bits per heavy atom. The summed E-state index contributed by atoms with van der Waals surface area (Å²) >= 11 is 0. The summed E-state index contributed by atoms with van der Waals surface area (Å²) in [6, 6.07) is 24.8. The van der Waals surface area contributed by atoms with Gasteiger partial charge in [0.15, 0.2) is 0 Å². The van der Waals surface area contributed by atoms with Crippen molar-refractivity contribution in [2.45, 2.75) is 25.6 Å². The van der Waals surface area contributed by atoms with Crippen LogP contribution in [-0.2, 0) is 19.5 Å². The van der Waals surface area contributed by atoms with E-state index in [9.17, 15) is 9.50 Å². The molecule has 0 saturated heterocycles. The van der Waals surface area contributed by atoms with Crippen LogP contribution in [0.25, 0.3) is 0 Å². The molecule has 4 nitrogen and oxygen atoms in total. The summed E-state index contributed by atoms with van der Waals surface area (Å²) in [7, 11) is 1.99. The molecule has 2 N–H and O–H groups in total.